The van der Waals surface area contributed by atoms with Crippen molar-refractivity contribution in [1.82, 2.24) is 15.3 Å². The van der Waals surface area contributed by atoms with E-state index in [0.29, 0.717) is 12.2 Å². The molecule has 0 saturated heterocycles. The zero-order valence-corrected chi connectivity index (χ0v) is 8.71. The molecule has 7 heteroatoms. The predicted molar refractivity (Wildman–Crippen MR) is 51.0 cm³/mol. The number of alkyl halides is 3. The van der Waals surface area contributed by atoms with Crippen LogP contribution in [0.25, 0.3) is 0 Å². The van der Waals surface area contributed by atoms with Crippen molar-refractivity contribution in [2.45, 2.75) is 19.1 Å². The smallest absolute Gasteiger partial charge is 0.392 e. The molecule has 4 nitrogen and oxygen atoms in total. The van der Waals surface area contributed by atoms with Crippen LogP contribution in [0.4, 0.5) is 13.2 Å². The molecular formula is C9H12F3N3O. The maximum Gasteiger partial charge on any atom is 0.392 e. The maximum atomic E-state index is 11.8. The van der Waals surface area contributed by atoms with Crippen LogP contribution in [-0.4, -0.2) is 29.8 Å². The molecule has 0 aliphatic rings. The van der Waals surface area contributed by atoms with Crippen molar-refractivity contribution in [2.75, 3.05) is 13.7 Å². The molecule has 0 radical (unpaired) electrons. The van der Waals surface area contributed by atoms with E-state index in [1.807, 2.05) is 0 Å². The van der Waals surface area contributed by atoms with Gasteiger partial charge in [0.15, 0.2) is 0 Å². The van der Waals surface area contributed by atoms with Crippen molar-refractivity contribution < 1.29 is 17.9 Å². The third kappa shape index (κ3) is 4.92. The zero-order valence-electron chi connectivity index (χ0n) is 8.71. The Kier molecular flexibility index (Phi) is 4.48. The van der Waals surface area contributed by atoms with Gasteiger partial charge in [-0.2, -0.15) is 13.2 Å². The summed E-state index contributed by atoms with van der Waals surface area (Å²) in [5.41, 5.74) is 0.618. The van der Waals surface area contributed by atoms with E-state index in [4.69, 9.17) is 4.74 Å². The lowest BCUT2D eigenvalue weighted by Gasteiger charge is -2.08. The Hall–Kier alpha value is -1.37. The van der Waals surface area contributed by atoms with Crippen molar-refractivity contribution in [3.63, 3.8) is 0 Å². The molecule has 1 heterocycles. The number of nitrogens with zero attached hydrogens (tertiary/aromatic N) is 2. The minimum Gasteiger partial charge on any atom is -0.476 e. The van der Waals surface area contributed by atoms with Crippen LogP contribution >= 0.6 is 0 Å². The summed E-state index contributed by atoms with van der Waals surface area (Å²) in [4.78, 5) is 7.78. The Morgan fingerprint density at radius 1 is 1.38 bits per heavy atom. The fourth-order valence-electron chi connectivity index (χ4n) is 0.994. The molecule has 1 N–H and O–H groups in total. The fourth-order valence-corrected chi connectivity index (χ4v) is 0.994. The Labute approximate surface area is 90.9 Å². The van der Waals surface area contributed by atoms with E-state index in [1.165, 1.54) is 12.4 Å². The van der Waals surface area contributed by atoms with Gasteiger partial charge in [-0.05, 0) is 7.05 Å². The van der Waals surface area contributed by atoms with Crippen LogP contribution in [0.15, 0.2) is 12.4 Å². The van der Waals surface area contributed by atoms with Gasteiger partial charge >= 0.3 is 6.18 Å². The second kappa shape index (κ2) is 5.64. The largest absolute Gasteiger partial charge is 0.476 e. The lowest BCUT2D eigenvalue weighted by molar-refractivity contribution is -0.139. The summed E-state index contributed by atoms with van der Waals surface area (Å²) < 4.78 is 40.3. The third-order valence-electron chi connectivity index (χ3n) is 1.66. The number of hydrogen-bond acceptors (Lipinski definition) is 4. The summed E-state index contributed by atoms with van der Waals surface area (Å²) in [5, 5.41) is 2.85. The molecular weight excluding hydrogens is 223 g/mol. The number of rotatable bonds is 5. The summed E-state index contributed by atoms with van der Waals surface area (Å²) in [6, 6.07) is 0. The SMILES string of the molecule is CNCc1cncc(OCCC(F)(F)F)n1. The highest BCUT2D eigenvalue weighted by molar-refractivity contribution is 5.08. The van der Waals surface area contributed by atoms with E-state index in [-0.39, 0.29) is 5.88 Å². The van der Waals surface area contributed by atoms with E-state index in [2.05, 4.69) is 15.3 Å². The molecule has 1 aromatic heterocycles. The molecule has 1 rings (SSSR count). The van der Waals surface area contributed by atoms with Gasteiger partial charge in [0.05, 0.1) is 24.9 Å². The van der Waals surface area contributed by atoms with Crippen LogP contribution in [0.2, 0.25) is 0 Å². The molecule has 0 atom stereocenters. The van der Waals surface area contributed by atoms with Crippen LogP contribution in [-0.2, 0) is 6.54 Å². The second-order valence-electron chi connectivity index (χ2n) is 3.09. The van der Waals surface area contributed by atoms with Crippen molar-refractivity contribution in [3.8, 4) is 5.88 Å². The molecule has 0 unspecified atom stereocenters. The van der Waals surface area contributed by atoms with Crippen LogP contribution in [0, 0.1) is 0 Å². The molecule has 0 bridgehead atoms. The highest BCUT2D eigenvalue weighted by Gasteiger charge is 2.26. The van der Waals surface area contributed by atoms with Crippen LogP contribution < -0.4 is 10.1 Å². The zero-order chi connectivity index (χ0) is 12.0. The standard InChI is InChI=1S/C9H12F3N3O/c1-13-4-7-5-14-6-8(15-7)16-3-2-9(10,11)12/h5-6,13H,2-4H2,1H3. The minimum absolute atomic E-state index is 0.108. The van der Waals surface area contributed by atoms with Gasteiger partial charge < -0.3 is 10.1 Å². The number of halogens is 3. The molecule has 0 spiro atoms. The van der Waals surface area contributed by atoms with Gasteiger partial charge in [-0.25, -0.2) is 4.98 Å². The monoisotopic (exact) mass is 235 g/mol. The van der Waals surface area contributed by atoms with E-state index >= 15 is 0 Å². The first kappa shape index (κ1) is 12.7. The Bertz CT molecular complexity index is 330. The van der Waals surface area contributed by atoms with E-state index in [9.17, 15) is 13.2 Å². The molecule has 0 fully saturated rings. The Morgan fingerprint density at radius 2 is 2.12 bits per heavy atom. The highest BCUT2D eigenvalue weighted by atomic mass is 19.4. The molecule has 16 heavy (non-hydrogen) atoms. The maximum absolute atomic E-state index is 11.8. The molecule has 0 aliphatic carbocycles. The van der Waals surface area contributed by atoms with Gasteiger partial charge in [0, 0.05) is 12.7 Å². The summed E-state index contributed by atoms with van der Waals surface area (Å²) in [7, 11) is 1.73. The lowest BCUT2D eigenvalue weighted by Crippen LogP contribution is -2.14. The van der Waals surface area contributed by atoms with E-state index < -0.39 is 19.2 Å². The van der Waals surface area contributed by atoms with Gasteiger partial charge in [-0.3, -0.25) is 4.98 Å². The molecule has 0 amide bonds. The van der Waals surface area contributed by atoms with Crippen LogP contribution in [0.5, 0.6) is 5.88 Å². The molecule has 0 aliphatic heterocycles. The fraction of sp³-hybridized carbons (Fsp3) is 0.556. The summed E-state index contributed by atoms with van der Waals surface area (Å²) in [6.07, 6.45) is -2.40. The Balaban J connectivity index is 2.44. The first-order chi connectivity index (χ1) is 7.51. The van der Waals surface area contributed by atoms with Gasteiger partial charge in [-0.15, -0.1) is 0 Å². The molecule has 1 aromatic rings. The lowest BCUT2D eigenvalue weighted by atomic mass is 10.4. The summed E-state index contributed by atoms with van der Waals surface area (Å²) in [5.74, 6) is 0.108. The topological polar surface area (TPSA) is 47.0 Å². The van der Waals surface area contributed by atoms with Crippen molar-refractivity contribution in [2.24, 2.45) is 0 Å². The molecule has 0 aromatic carbocycles. The number of nitrogens with one attached hydrogen (secondary N) is 1. The van der Waals surface area contributed by atoms with Crippen molar-refractivity contribution >= 4 is 0 Å². The van der Waals surface area contributed by atoms with Gasteiger partial charge in [0.2, 0.25) is 5.88 Å². The Morgan fingerprint density at radius 3 is 2.75 bits per heavy atom. The van der Waals surface area contributed by atoms with Crippen LogP contribution in [0.1, 0.15) is 12.1 Å². The normalized spacial score (nSPS) is 11.5. The second-order valence-corrected chi connectivity index (χ2v) is 3.09. The predicted octanol–water partition coefficient (Wildman–Crippen LogP) is 1.53. The number of ether oxygens (including phenoxy) is 1. The van der Waals surface area contributed by atoms with Gasteiger partial charge in [0.1, 0.15) is 0 Å². The first-order valence-corrected chi connectivity index (χ1v) is 4.66. The van der Waals surface area contributed by atoms with Crippen LogP contribution in [0.3, 0.4) is 0 Å². The minimum atomic E-state index is -4.21. The number of aromatic nitrogens is 2. The average Bonchev–Trinajstić information content (AvgIpc) is 2.17. The van der Waals surface area contributed by atoms with E-state index in [0.717, 1.165) is 0 Å². The molecule has 0 saturated carbocycles. The van der Waals surface area contributed by atoms with Crippen molar-refractivity contribution in [1.29, 1.82) is 0 Å². The van der Waals surface area contributed by atoms with Gasteiger partial charge in [0.25, 0.3) is 0 Å². The summed E-state index contributed by atoms with van der Waals surface area (Å²) >= 11 is 0. The quantitative estimate of drug-likeness (QED) is 0.840. The van der Waals surface area contributed by atoms with Crippen molar-refractivity contribution in [3.05, 3.63) is 18.1 Å². The number of hydrogen-bond donors (Lipinski definition) is 1. The summed E-state index contributed by atoms with van der Waals surface area (Å²) in [6.45, 7) is 0.0463. The van der Waals surface area contributed by atoms with E-state index in [1.54, 1.807) is 7.05 Å². The van der Waals surface area contributed by atoms with Gasteiger partial charge in [-0.1, -0.05) is 0 Å². The first-order valence-electron chi connectivity index (χ1n) is 4.66. The average molecular weight is 235 g/mol. The highest BCUT2D eigenvalue weighted by Crippen LogP contribution is 2.19. The third-order valence-corrected chi connectivity index (χ3v) is 1.66. The molecule has 90 valence electrons.